The van der Waals surface area contributed by atoms with Gasteiger partial charge in [-0.3, -0.25) is 9.59 Å². The van der Waals surface area contributed by atoms with E-state index in [1.54, 1.807) is 0 Å². The smallest absolute Gasteiger partial charge is 0.317 e. The van der Waals surface area contributed by atoms with Crippen molar-refractivity contribution in [3.05, 3.63) is 0 Å². The Bertz CT molecular complexity index is 370. The number of ether oxygens (including phenoxy) is 2. The highest BCUT2D eigenvalue weighted by Crippen LogP contribution is 2.06. The van der Waals surface area contributed by atoms with Crippen molar-refractivity contribution in [2.75, 3.05) is 13.2 Å². The lowest BCUT2D eigenvalue weighted by Crippen LogP contribution is -2.06. The fourth-order valence-electron chi connectivity index (χ4n) is 2.51. The fourth-order valence-corrected chi connectivity index (χ4v) is 2.51. The van der Waals surface area contributed by atoms with E-state index in [4.69, 9.17) is 9.47 Å². The summed E-state index contributed by atoms with van der Waals surface area (Å²) in [6.45, 7) is 5.32. The molecule has 0 aliphatic carbocycles. The Labute approximate surface area is 160 Å². The van der Waals surface area contributed by atoms with Crippen LogP contribution in [0.5, 0.6) is 0 Å². The molecule has 0 aromatic rings. The maximum Gasteiger partial charge on any atom is 0.317 e. The number of rotatable bonds is 16. The highest BCUT2D eigenvalue weighted by molar-refractivity contribution is 5.74. The standard InChI is InChI=1S/C22H38O4/c1-3-5-7-9-11-15-19-25-21(23)17-13-14-18-22(24)26-20-16-12-10-8-6-4-2/h3-12,15-20H2,1-2H3. The summed E-state index contributed by atoms with van der Waals surface area (Å²) in [6, 6.07) is 0. The van der Waals surface area contributed by atoms with Crippen LogP contribution in [-0.2, 0) is 19.1 Å². The van der Waals surface area contributed by atoms with E-state index in [0.717, 1.165) is 25.7 Å². The summed E-state index contributed by atoms with van der Waals surface area (Å²) in [7, 11) is 0. The first-order chi connectivity index (χ1) is 12.7. The van der Waals surface area contributed by atoms with Crippen molar-refractivity contribution >= 4 is 11.9 Å². The second kappa shape index (κ2) is 19.8. The highest BCUT2D eigenvalue weighted by Gasteiger charge is 2.01. The van der Waals surface area contributed by atoms with E-state index < -0.39 is 0 Å². The van der Waals surface area contributed by atoms with Gasteiger partial charge in [0.15, 0.2) is 0 Å². The molecule has 0 saturated carbocycles. The zero-order valence-corrected chi connectivity index (χ0v) is 16.9. The molecular weight excluding hydrogens is 328 g/mol. The molecule has 0 aromatic carbocycles. The molecule has 0 aliphatic rings. The van der Waals surface area contributed by atoms with Gasteiger partial charge in [-0.15, -0.1) is 0 Å². The molecule has 0 aromatic heterocycles. The first-order valence-corrected chi connectivity index (χ1v) is 10.5. The molecular formula is C22H38O4. The van der Waals surface area contributed by atoms with Gasteiger partial charge in [-0.2, -0.15) is 0 Å². The van der Waals surface area contributed by atoms with Crippen LogP contribution in [0.1, 0.15) is 104 Å². The van der Waals surface area contributed by atoms with Gasteiger partial charge in [0.2, 0.25) is 0 Å². The largest absolute Gasteiger partial charge is 0.465 e. The Morgan fingerprint density at radius 2 is 0.923 bits per heavy atom. The number of hydrogen-bond donors (Lipinski definition) is 0. The van der Waals surface area contributed by atoms with Gasteiger partial charge in [0.1, 0.15) is 12.8 Å². The van der Waals surface area contributed by atoms with Crippen molar-refractivity contribution in [2.24, 2.45) is 0 Å². The second-order valence-corrected chi connectivity index (χ2v) is 6.68. The molecule has 0 atom stereocenters. The lowest BCUT2D eigenvalue weighted by molar-refractivity contribution is -0.143. The monoisotopic (exact) mass is 366 g/mol. The van der Waals surface area contributed by atoms with E-state index >= 15 is 0 Å². The molecule has 0 heterocycles. The van der Waals surface area contributed by atoms with E-state index in [-0.39, 0.29) is 24.8 Å². The molecule has 0 aliphatic heterocycles. The summed E-state index contributed by atoms with van der Waals surface area (Å²) in [4.78, 5) is 23.0. The van der Waals surface area contributed by atoms with Gasteiger partial charge >= 0.3 is 11.9 Å². The third-order valence-electron chi connectivity index (χ3n) is 4.11. The molecule has 0 bridgehead atoms. The molecule has 0 fully saturated rings. The van der Waals surface area contributed by atoms with Crippen molar-refractivity contribution < 1.29 is 19.1 Å². The third-order valence-corrected chi connectivity index (χ3v) is 4.11. The molecule has 0 rings (SSSR count). The topological polar surface area (TPSA) is 52.6 Å². The van der Waals surface area contributed by atoms with Gasteiger partial charge in [0, 0.05) is 0 Å². The van der Waals surface area contributed by atoms with Crippen LogP contribution in [0.4, 0.5) is 0 Å². The Hall–Kier alpha value is -1.50. The van der Waals surface area contributed by atoms with Crippen LogP contribution in [0.3, 0.4) is 0 Å². The summed E-state index contributed by atoms with van der Waals surface area (Å²) in [5.74, 6) is 4.74. The summed E-state index contributed by atoms with van der Waals surface area (Å²) >= 11 is 0. The average molecular weight is 367 g/mol. The lowest BCUT2D eigenvalue weighted by Gasteiger charge is -2.03. The van der Waals surface area contributed by atoms with Crippen molar-refractivity contribution in [1.82, 2.24) is 0 Å². The van der Waals surface area contributed by atoms with Crippen molar-refractivity contribution in [3.8, 4) is 11.8 Å². The predicted octanol–water partition coefficient (Wildman–Crippen LogP) is 5.58. The molecule has 4 heteroatoms. The molecule has 150 valence electrons. The summed E-state index contributed by atoms with van der Waals surface area (Å²) in [5, 5.41) is 0. The minimum atomic E-state index is -0.313. The third kappa shape index (κ3) is 18.8. The predicted molar refractivity (Wildman–Crippen MR) is 106 cm³/mol. The molecule has 4 nitrogen and oxygen atoms in total. The van der Waals surface area contributed by atoms with Crippen LogP contribution in [0.25, 0.3) is 0 Å². The van der Waals surface area contributed by atoms with Gasteiger partial charge in [0.25, 0.3) is 0 Å². The molecule has 0 unspecified atom stereocenters. The first-order valence-electron chi connectivity index (χ1n) is 10.5. The Balaban J connectivity index is 3.47. The highest BCUT2D eigenvalue weighted by atomic mass is 16.5. The Morgan fingerprint density at radius 1 is 0.577 bits per heavy atom. The SMILES string of the molecule is CCCCCCCCOC(=O)CC#CCC(=O)OCCCCCCCC. The van der Waals surface area contributed by atoms with E-state index in [1.165, 1.54) is 51.4 Å². The van der Waals surface area contributed by atoms with Gasteiger partial charge in [-0.05, 0) is 12.8 Å². The van der Waals surface area contributed by atoms with Crippen LogP contribution in [0.2, 0.25) is 0 Å². The van der Waals surface area contributed by atoms with Crippen LogP contribution in [-0.4, -0.2) is 25.2 Å². The summed E-state index contributed by atoms with van der Waals surface area (Å²) in [5.41, 5.74) is 0. The zero-order valence-electron chi connectivity index (χ0n) is 16.9. The van der Waals surface area contributed by atoms with Gasteiger partial charge in [-0.25, -0.2) is 0 Å². The minimum absolute atomic E-state index is 0.0422. The van der Waals surface area contributed by atoms with Crippen LogP contribution in [0.15, 0.2) is 0 Å². The molecule has 0 saturated heterocycles. The quantitative estimate of drug-likeness (QED) is 0.203. The minimum Gasteiger partial charge on any atom is -0.465 e. The van der Waals surface area contributed by atoms with Crippen molar-refractivity contribution in [2.45, 2.75) is 104 Å². The average Bonchev–Trinajstić information content (AvgIpc) is 2.64. The van der Waals surface area contributed by atoms with E-state index in [0.29, 0.717) is 13.2 Å². The number of unbranched alkanes of at least 4 members (excludes halogenated alkanes) is 10. The molecule has 26 heavy (non-hydrogen) atoms. The van der Waals surface area contributed by atoms with E-state index in [1.807, 2.05) is 0 Å². The van der Waals surface area contributed by atoms with Gasteiger partial charge in [-0.1, -0.05) is 89.9 Å². The summed E-state index contributed by atoms with van der Waals surface area (Å²) < 4.78 is 10.2. The molecule has 0 N–H and O–H groups in total. The van der Waals surface area contributed by atoms with Crippen molar-refractivity contribution in [1.29, 1.82) is 0 Å². The number of hydrogen-bond acceptors (Lipinski definition) is 4. The lowest BCUT2D eigenvalue weighted by atomic mass is 10.1. The van der Waals surface area contributed by atoms with Gasteiger partial charge in [0.05, 0.1) is 13.2 Å². The first kappa shape index (κ1) is 24.5. The second-order valence-electron chi connectivity index (χ2n) is 6.68. The fraction of sp³-hybridized carbons (Fsp3) is 0.818. The normalized spacial score (nSPS) is 10.1. The number of carbonyl (C=O) groups excluding carboxylic acids is 2. The maximum absolute atomic E-state index is 11.5. The Kier molecular flexibility index (Phi) is 18.7. The number of esters is 2. The Morgan fingerprint density at radius 3 is 1.31 bits per heavy atom. The van der Waals surface area contributed by atoms with Crippen LogP contribution >= 0.6 is 0 Å². The summed E-state index contributed by atoms with van der Waals surface area (Å²) in [6.07, 6.45) is 14.0. The molecule has 0 radical (unpaired) electrons. The number of carbonyl (C=O) groups is 2. The van der Waals surface area contributed by atoms with Crippen LogP contribution < -0.4 is 0 Å². The molecule has 0 spiro atoms. The van der Waals surface area contributed by atoms with Crippen LogP contribution in [0, 0.1) is 11.8 Å². The maximum atomic E-state index is 11.5. The van der Waals surface area contributed by atoms with E-state index in [2.05, 4.69) is 25.7 Å². The zero-order chi connectivity index (χ0) is 19.3. The molecule has 0 amide bonds. The van der Waals surface area contributed by atoms with Gasteiger partial charge < -0.3 is 9.47 Å². The van der Waals surface area contributed by atoms with Crippen molar-refractivity contribution in [3.63, 3.8) is 0 Å². The van der Waals surface area contributed by atoms with E-state index in [9.17, 15) is 9.59 Å².